The van der Waals surface area contributed by atoms with Gasteiger partial charge in [-0.2, -0.15) is 0 Å². The van der Waals surface area contributed by atoms with Crippen LogP contribution in [0.5, 0.6) is 0 Å². The van der Waals surface area contributed by atoms with Gasteiger partial charge in [0.2, 0.25) is 0 Å². The van der Waals surface area contributed by atoms with Crippen LogP contribution in [0, 0.1) is 12.8 Å². The molecule has 1 saturated carbocycles. The van der Waals surface area contributed by atoms with Gasteiger partial charge in [0.15, 0.2) is 0 Å². The number of aryl methyl sites for hydroxylation is 1. The second-order valence-corrected chi connectivity index (χ2v) is 5.75. The molecule has 2 aromatic heterocycles. The summed E-state index contributed by atoms with van der Waals surface area (Å²) in [7, 11) is 0. The molecule has 4 nitrogen and oxygen atoms in total. The van der Waals surface area contributed by atoms with E-state index in [-0.39, 0.29) is 5.56 Å². The van der Waals surface area contributed by atoms with Crippen LogP contribution < -0.4 is 10.9 Å². The first kappa shape index (κ1) is 13.2. The summed E-state index contributed by atoms with van der Waals surface area (Å²) in [4.78, 5) is 16.7. The van der Waals surface area contributed by atoms with Crippen LogP contribution in [-0.4, -0.2) is 15.9 Å². The Morgan fingerprint density at radius 2 is 2.15 bits per heavy atom. The maximum Gasteiger partial charge on any atom is 0.259 e. The van der Waals surface area contributed by atoms with Gasteiger partial charge in [-0.3, -0.25) is 9.20 Å². The van der Waals surface area contributed by atoms with Gasteiger partial charge in [0.25, 0.3) is 5.56 Å². The predicted molar refractivity (Wildman–Crippen MR) is 81.3 cm³/mol. The van der Waals surface area contributed by atoms with E-state index < -0.39 is 0 Å². The van der Waals surface area contributed by atoms with Gasteiger partial charge in [-0.25, -0.2) is 4.98 Å². The van der Waals surface area contributed by atoms with Gasteiger partial charge in [-0.15, -0.1) is 0 Å². The van der Waals surface area contributed by atoms with E-state index in [2.05, 4.69) is 10.3 Å². The smallest absolute Gasteiger partial charge is 0.259 e. The number of aromatic nitrogens is 2. The van der Waals surface area contributed by atoms with E-state index in [9.17, 15) is 4.79 Å². The van der Waals surface area contributed by atoms with Gasteiger partial charge in [0.1, 0.15) is 11.5 Å². The minimum Gasteiger partial charge on any atom is -0.370 e. The Hall–Kier alpha value is -1.84. The molecule has 0 bridgehead atoms. The van der Waals surface area contributed by atoms with E-state index in [1.54, 1.807) is 16.7 Å². The number of nitrogens with one attached hydrogen (secondary N) is 1. The molecule has 0 aliphatic heterocycles. The molecule has 2 aromatic rings. The van der Waals surface area contributed by atoms with Crippen LogP contribution in [-0.2, 0) is 0 Å². The molecule has 20 heavy (non-hydrogen) atoms. The lowest BCUT2D eigenvalue weighted by Gasteiger charge is -2.22. The normalized spacial score (nSPS) is 16.4. The van der Waals surface area contributed by atoms with Crippen molar-refractivity contribution >= 4 is 11.5 Å². The van der Waals surface area contributed by atoms with Crippen LogP contribution >= 0.6 is 0 Å². The summed E-state index contributed by atoms with van der Waals surface area (Å²) in [5, 5.41) is 3.35. The van der Waals surface area contributed by atoms with E-state index in [1.165, 1.54) is 32.1 Å². The fourth-order valence-electron chi connectivity index (χ4n) is 2.99. The monoisotopic (exact) mass is 271 g/mol. The molecule has 0 aromatic carbocycles. The first-order valence-electron chi connectivity index (χ1n) is 7.47. The molecule has 0 radical (unpaired) electrons. The van der Waals surface area contributed by atoms with Crippen molar-refractivity contribution in [2.24, 2.45) is 5.92 Å². The number of anilines is 1. The SMILES string of the molecule is Cc1cccn2c(=O)cc(NCC3CCCCC3)nc12. The molecular weight excluding hydrogens is 250 g/mol. The third kappa shape index (κ3) is 2.69. The number of fused-ring (bicyclic) bond motifs is 1. The average Bonchev–Trinajstić information content (AvgIpc) is 2.47. The number of hydrogen-bond donors (Lipinski definition) is 1. The minimum atomic E-state index is -0.0233. The van der Waals surface area contributed by atoms with Gasteiger partial charge < -0.3 is 5.32 Å². The second-order valence-electron chi connectivity index (χ2n) is 5.75. The van der Waals surface area contributed by atoms with Gasteiger partial charge in [-0.1, -0.05) is 25.3 Å². The lowest BCUT2D eigenvalue weighted by atomic mass is 9.89. The highest BCUT2D eigenvalue weighted by molar-refractivity contribution is 5.51. The largest absolute Gasteiger partial charge is 0.370 e. The first-order valence-corrected chi connectivity index (χ1v) is 7.47. The van der Waals surface area contributed by atoms with Crippen molar-refractivity contribution in [3.63, 3.8) is 0 Å². The number of pyridine rings is 1. The minimum absolute atomic E-state index is 0.0233. The van der Waals surface area contributed by atoms with Crippen LogP contribution in [0.2, 0.25) is 0 Å². The molecule has 2 heterocycles. The number of hydrogen-bond acceptors (Lipinski definition) is 3. The van der Waals surface area contributed by atoms with Crippen molar-refractivity contribution in [3.8, 4) is 0 Å². The fourth-order valence-corrected chi connectivity index (χ4v) is 2.99. The highest BCUT2D eigenvalue weighted by atomic mass is 16.1. The van der Waals surface area contributed by atoms with E-state index >= 15 is 0 Å². The quantitative estimate of drug-likeness (QED) is 0.933. The Morgan fingerprint density at radius 1 is 1.35 bits per heavy atom. The molecular formula is C16H21N3O. The van der Waals surface area contributed by atoms with E-state index in [1.807, 2.05) is 19.1 Å². The predicted octanol–water partition coefficient (Wildman–Crippen LogP) is 3.00. The molecule has 106 valence electrons. The zero-order chi connectivity index (χ0) is 13.9. The maximum atomic E-state index is 12.1. The zero-order valence-electron chi connectivity index (χ0n) is 11.9. The molecule has 1 aliphatic carbocycles. The van der Waals surface area contributed by atoms with Crippen LogP contribution in [0.4, 0.5) is 5.82 Å². The van der Waals surface area contributed by atoms with E-state index in [0.29, 0.717) is 5.82 Å². The molecule has 3 rings (SSSR count). The second kappa shape index (κ2) is 5.65. The molecule has 1 N–H and O–H groups in total. The third-order valence-electron chi connectivity index (χ3n) is 4.18. The Balaban J connectivity index is 1.81. The third-order valence-corrected chi connectivity index (χ3v) is 4.18. The van der Waals surface area contributed by atoms with Gasteiger partial charge in [0.05, 0.1) is 0 Å². The van der Waals surface area contributed by atoms with Crippen LogP contribution in [0.1, 0.15) is 37.7 Å². The molecule has 0 unspecified atom stereocenters. The summed E-state index contributed by atoms with van der Waals surface area (Å²) in [6, 6.07) is 5.45. The van der Waals surface area contributed by atoms with Crippen molar-refractivity contribution in [1.29, 1.82) is 0 Å². The molecule has 0 atom stereocenters. The first-order chi connectivity index (χ1) is 9.74. The van der Waals surface area contributed by atoms with Gasteiger partial charge in [0, 0.05) is 18.8 Å². The van der Waals surface area contributed by atoms with Gasteiger partial charge in [-0.05, 0) is 37.3 Å². The Kier molecular flexibility index (Phi) is 3.72. The van der Waals surface area contributed by atoms with Crippen molar-refractivity contribution < 1.29 is 0 Å². The molecule has 0 amide bonds. The lowest BCUT2D eigenvalue weighted by Crippen LogP contribution is -2.21. The standard InChI is InChI=1S/C16H21N3O/c1-12-6-5-9-19-15(20)10-14(18-16(12)19)17-11-13-7-3-2-4-8-13/h5-6,9-10,13,17H,2-4,7-8,11H2,1H3. The van der Waals surface area contributed by atoms with Crippen molar-refractivity contribution in [2.75, 3.05) is 11.9 Å². The highest BCUT2D eigenvalue weighted by Crippen LogP contribution is 2.23. The van der Waals surface area contributed by atoms with Gasteiger partial charge >= 0.3 is 0 Å². The molecule has 4 heteroatoms. The average molecular weight is 271 g/mol. The molecule has 0 saturated heterocycles. The van der Waals surface area contributed by atoms with E-state index in [4.69, 9.17) is 0 Å². The maximum absolute atomic E-state index is 12.1. The van der Waals surface area contributed by atoms with Crippen molar-refractivity contribution in [2.45, 2.75) is 39.0 Å². The Labute approximate surface area is 118 Å². The van der Waals surface area contributed by atoms with Crippen LogP contribution in [0.3, 0.4) is 0 Å². The van der Waals surface area contributed by atoms with Crippen LogP contribution in [0.25, 0.3) is 5.65 Å². The summed E-state index contributed by atoms with van der Waals surface area (Å²) in [6.07, 6.45) is 8.38. The topological polar surface area (TPSA) is 46.4 Å². The molecule has 1 aliphatic rings. The fraction of sp³-hybridized carbons (Fsp3) is 0.500. The van der Waals surface area contributed by atoms with Crippen molar-refractivity contribution in [1.82, 2.24) is 9.38 Å². The number of nitrogens with zero attached hydrogens (tertiary/aromatic N) is 2. The zero-order valence-corrected chi connectivity index (χ0v) is 11.9. The number of rotatable bonds is 3. The Morgan fingerprint density at radius 3 is 2.95 bits per heavy atom. The summed E-state index contributed by atoms with van der Waals surface area (Å²) in [5.41, 5.74) is 1.74. The summed E-state index contributed by atoms with van der Waals surface area (Å²) >= 11 is 0. The lowest BCUT2D eigenvalue weighted by molar-refractivity contribution is 0.373. The highest BCUT2D eigenvalue weighted by Gasteiger charge is 2.13. The van der Waals surface area contributed by atoms with Crippen molar-refractivity contribution in [3.05, 3.63) is 40.3 Å². The molecule has 1 fully saturated rings. The Bertz CT molecular complexity index is 656. The van der Waals surface area contributed by atoms with Crippen LogP contribution in [0.15, 0.2) is 29.2 Å². The summed E-state index contributed by atoms with van der Waals surface area (Å²) < 4.78 is 1.60. The summed E-state index contributed by atoms with van der Waals surface area (Å²) in [6.45, 7) is 2.90. The van der Waals surface area contributed by atoms with E-state index in [0.717, 1.165) is 23.7 Å². The molecule has 0 spiro atoms. The summed E-state index contributed by atoms with van der Waals surface area (Å²) in [5.74, 6) is 1.43.